The summed E-state index contributed by atoms with van der Waals surface area (Å²) >= 11 is 0. The number of nitrogens with zero attached hydrogens (tertiary/aromatic N) is 1. The fraction of sp³-hybridized carbons (Fsp3) is 0.619. The normalized spacial score (nSPS) is 21.3. The number of benzene rings is 1. The number of amides is 2. The quantitative estimate of drug-likeness (QED) is 0.553. The molecule has 1 aromatic carbocycles. The second-order valence-corrected chi connectivity index (χ2v) is 7.64. The zero-order valence-corrected chi connectivity index (χ0v) is 19.1. The lowest BCUT2D eigenvalue weighted by Gasteiger charge is -2.21. The second-order valence-electron chi connectivity index (χ2n) is 7.64. The fourth-order valence-electron chi connectivity index (χ4n) is 3.88. The number of nitrogens with two attached hydrogens (primary N) is 1. The summed E-state index contributed by atoms with van der Waals surface area (Å²) in [6.07, 6.45) is 4.63. The number of hydrogen-bond acceptors (Lipinski definition) is 5. The van der Waals surface area contributed by atoms with Gasteiger partial charge >= 0.3 is 0 Å². The lowest BCUT2D eigenvalue weighted by Crippen LogP contribution is -2.47. The summed E-state index contributed by atoms with van der Waals surface area (Å²) in [5.41, 5.74) is 7.49. The van der Waals surface area contributed by atoms with E-state index >= 15 is 0 Å². The van der Waals surface area contributed by atoms with Gasteiger partial charge in [0.1, 0.15) is 12.1 Å². The Morgan fingerprint density at radius 2 is 1.97 bits per heavy atom. The molecule has 2 aliphatic rings. The monoisotopic (exact) mass is 460 g/mol. The van der Waals surface area contributed by atoms with Crippen LogP contribution in [0.15, 0.2) is 24.3 Å². The van der Waals surface area contributed by atoms with Crippen molar-refractivity contribution in [2.45, 2.75) is 63.7 Å². The third kappa shape index (κ3) is 7.01. The maximum Gasteiger partial charge on any atom is 0.249 e. The molecule has 4 N–H and O–H groups in total. The first-order valence-corrected chi connectivity index (χ1v) is 10.4. The highest BCUT2D eigenvalue weighted by molar-refractivity contribution is 5.98. The molecule has 170 valence electrons. The van der Waals surface area contributed by atoms with Gasteiger partial charge in [0, 0.05) is 31.0 Å². The fourth-order valence-corrected chi connectivity index (χ4v) is 3.88. The number of halogens is 2. The van der Waals surface area contributed by atoms with Crippen molar-refractivity contribution < 1.29 is 14.3 Å². The standard InChI is InChI=1S/C21H32N4O3.2ClH/c1-2-6-18(24-21(27)19-10-9-17(14-22)28-19)20(26)23-15-7-5-8-16(13-15)25-11-3-4-12-25;;/h5,7-8,13,17-19H,2-4,6,9-12,14,22H2,1H3,(H,23,26)(H,24,27);2*1H/t17-,18?,19+;;/m1../s1. The highest BCUT2D eigenvalue weighted by Gasteiger charge is 2.32. The summed E-state index contributed by atoms with van der Waals surface area (Å²) in [4.78, 5) is 27.6. The van der Waals surface area contributed by atoms with Gasteiger partial charge in [-0.1, -0.05) is 19.4 Å². The van der Waals surface area contributed by atoms with Crippen molar-refractivity contribution in [3.63, 3.8) is 0 Å². The SMILES string of the molecule is CCCC(NC(=O)[C@@H]1CC[C@H](CN)O1)C(=O)Nc1cccc(N2CCCC2)c1.Cl.Cl. The van der Waals surface area contributed by atoms with Gasteiger partial charge in [-0.2, -0.15) is 0 Å². The molecule has 0 aromatic heterocycles. The van der Waals surface area contributed by atoms with E-state index in [4.69, 9.17) is 10.5 Å². The van der Waals surface area contributed by atoms with E-state index in [0.29, 0.717) is 19.4 Å². The van der Waals surface area contributed by atoms with Gasteiger partial charge in [0.25, 0.3) is 0 Å². The average molecular weight is 461 g/mol. The van der Waals surface area contributed by atoms with Crippen LogP contribution in [-0.2, 0) is 14.3 Å². The van der Waals surface area contributed by atoms with Gasteiger partial charge in [-0.25, -0.2) is 0 Å². The number of carbonyl (C=O) groups excluding carboxylic acids is 2. The molecule has 30 heavy (non-hydrogen) atoms. The predicted octanol–water partition coefficient (Wildman–Crippen LogP) is 2.86. The van der Waals surface area contributed by atoms with Crippen LogP contribution in [-0.4, -0.2) is 49.7 Å². The van der Waals surface area contributed by atoms with Crippen LogP contribution in [0.1, 0.15) is 45.4 Å². The second kappa shape index (κ2) is 13.0. The van der Waals surface area contributed by atoms with Gasteiger partial charge in [-0.05, 0) is 50.3 Å². The molecule has 0 bridgehead atoms. The van der Waals surface area contributed by atoms with E-state index in [1.165, 1.54) is 12.8 Å². The predicted molar refractivity (Wildman–Crippen MR) is 125 cm³/mol. The van der Waals surface area contributed by atoms with Crippen molar-refractivity contribution in [2.24, 2.45) is 5.73 Å². The summed E-state index contributed by atoms with van der Waals surface area (Å²) in [5.74, 6) is -0.419. The third-order valence-corrected chi connectivity index (χ3v) is 5.46. The highest BCUT2D eigenvalue weighted by Crippen LogP contribution is 2.24. The zero-order valence-electron chi connectivity index (χ0n) is 17.5. The summed E-state index contributed by atoms with van der Waals surface area (Å²) in [7, 11) is 0. The molecule has 0 spiro atoms. The molecule has 9 heteroatoms. The molecule has 1 unspecified atom stereocenters. The van der Waals surface area contributed by atoms with Crippen molar-refractivity contribution in [2.75, 3.05) is 29.9 Å². The highest BCUT2D eigenvalue weighted by atomic mass is 35.5. The van der Waals surface area contributed by atoms with E-state index in [1.54, 1.807) is 0 Å². The van der Waals surface area contributed by atoms with Crippen LogP contribution in [0.4, 0.5) is 11.4 Å². The van der Waals surface area contributed by atoms with Crippen molar-refractivity contribution in [3.8, 4) is 0 Å². The van der Waals surface area contributed by atoms with Crippen LogP contribution in [0, 0.1) is 0 Å². The van der Waals surface area contributed by atoms with Crippen molar-refractivity contribution in [1.82, 2.24) is 5.32 Å². The minimum Gasteiger partial charge on any atom is -0.371 e. The molecule has 2 aliphatic heterocycles. The van der Waals surface area contributed by atoms with Crippen LogP contribution < -0.4 is 21.3 Å². The first-order chi connectivity index (χ1) is 13.6. The number of rotatable bonds is 8. The van der Waals surface area contributed by atoms with Gasteiger partial charge in [-0.3, -0.25) is 9.59 Å². The maximum absolute atomic E-state index is 12.8. The van der Waals surface area contributed by atoms with E-state index in [1.807, 2.05) is 25.1 Å². The Hall–Kier alpha value is -1.54. The van der Waals surface area contributed by atoms with Gasteiger partial charge in [-0.15, -0.1) is 24.8 Å². The molecule has 2 saturated heterocycles. The van der Waals surface area contributed by atoms with Gasteiger partial charge in [0.2, 0.25) is 11.8 Å². The van der Waals surface area contributed by atoms with Crippen LogP contribution in [0.2, 0.25) is 0 Å². The minimum atomic E-state index is -0.575. The first-order valence-electron chi connectivity index (χ1n) is 10.4. The topological polar surface area (TPSA) is 96.7 Å². The molecular weight excluding hydrogens is 427 g/mol. The molecule has 2 amide bonds. The van der Waals surface area contributed by atoms with Crippen LogP contribution in [0.25, 0.3) is 0 Å². The Balaban J connectivity index is 0.00000225. The molecule has 2 fully saturated rings. The van der Waals surface area contributed by atoms with Crippen LogP contribution in [0.5, 0.6) is 0 Å². The Bertz CT molecular complexity index is 686. The third-order valence-electron chi connectivity index (χ3n) is 5.46. The Kier molecular flexibility index (Phi) is 11.5. The number of nitrogens with one attached hydrogen (secondary N) is 2. The Morgan fingerprint density at radius 1 is 1.23 bits per heavy atom. The maximum atomic E-state index is 12.8. The largest absolute Gasteiger partial charge is 0.371 e. The van der Waals surface area contributed by atoms with Crippen LogP contribution in [0.3, 0.4) is 0 Å². The lowest BCUT2D eigenvalue weighted by molar-refractivity contribution is -0.135. The van der Waals surface area contributed by atoms with Crippen molar-refractivity contribution >= 4 is 48.0 Å². The summed E-state index contributed by atoms with van der Waals surface area (Å²) < 4.78 is 5.65. The molecular formula is C21H34Cl2N4O3. The van der Waals surface area contributed by atoms with Crippen LogP contribution >= 0.6 is 24.8 Å². The first kappa shape index (κ1) is 26.5. The van der Waals surface area contributed by atoms with Gasteiger partial charge in [0.05, 0.1) is 6.10 Å². The molecule has 0 saturated carbocycles. The Labute approximate surface area is 191 Å². The van der Waals surface area contributed by atoms with E-state index in [0.717, 1.165) is 37.3 Å². The summed E-state index contributed by atoms with van der Waals surface area (Å²) in [6.45, 7) is 4.52. The minimum absolute atomic E-state index is 0. The smallest absolute Gasteiger partial charge is 0.249 e. The lowest BCUT2D eigenvalue weighted by atomic mass is 10.1. The number of ether oxygens (including phenoxy) is 1. The van der Waals surface area contributed by atoms with E-state index in [9.17, 15) is 9.59 Å². The molecule has 3 rings (SSSR count). The molecule has 2 heterocycles. The van der Waals surface area contributed by atoms with Crippen molar-refractivity contribution in [3.05, 3.63) is 24.3 Å². The van der Waals surface area contributed by atoms with E-state index in [-0.39, 0.29) is 42.7 Å². The van der Waals surface area contributed by atoms with Gasteiger partial charge < -0.3 is 26.0 Å². The zero-order chi connectivity index (χ0) is 19.9. The molecule has 0 aliphatic carbocycles. The van der Waals surface area contributed by atoms with E-state index < -0.39 is 12.1 Å². The summed E-state index contributed by atoms with van der Waals surface area (Å²) in [6, 6.07) is 7.33. The molecule has 1 aromatic rings. The number of carbonyl (C=O) groups is 2. The number of hydrogen-bond donors (Lipinski definition) is 3. The number of anilines is 2. The van der Waals surface area contributed by atoms with Gasteiger partial charge in [0.15, 0.2) is 0 Å². The Morgan fingerprint density at radius 3 is 2.60 bits per heavy atom. The average Bonchev–Trinajstić information content (AvgIpc) is 3.39. The van der Waals surface area contributed by atoms with Crippen molar-refractivity contribution in [1.29, 1.82) is 0 Å². The summed E-state index contributed by atoms with van der Waals surface area (Å²) in [5, 5.41) is 5.83. The molecule has 0 radical (unpaired) electrons. The molecule has 3 atom stereocenters. The molecule has 7 nitrogen and oxygen atoms in total. The van der Waals surface area contributed by atoms with E-state index in [2.05, 4.69) is 21.6 Å².